The fraction of sp³-hybridized carbons (Fsp3) is 0.400. The molecule has 0 radical (unpaired) electrons. The van der Waals surface area contributed by atoms with E-state index in [9.17, 15) is 0 Å². The Hall–Kier alpha value is 0.610. The van der Waals surface area contributed by atoms with Gasteiger partial charge in [-0.05, 0) is 17.6 Å². The van der Waals surface area contributed by atoms with Crippen LogP contribution in [0.3, 0.4) is 0 Å². The van der Waals surface area contributed by atoms with E-state index in [4.69, 9.17) is 0 Å². The molecule has 1 aromatic carbocycles. The second kappa shape index (κ2) is 6.98. The van der Waals surface area contributed by atoms with Crippen LogP contribution >= 0.6 is 39.8 Å². The molecule has 0 saturated heterocycles. The van der Waals surface area contributed by atoms with Crippen LogP contribution in [0.15, 0.2) is 30.3 Å². The lowest BCUT2D eigenvalue weighted by Gasteiger charge is -2.15. The van der Waals surface area contributed by atoms with Crippen molar-refractivity contribution in [3.63, 3.8) is 0 Å². The topological polar surface area (TPSA) is 0 Å². The fourth-order valence-electron chi connectivity index (χ4n) is 1.21. The van der Waals surface area contributed by atoms with Gasteiger partial charge in [0.2, 0.25) is 0 Å². The van der Waals surface area contributed by atoms with Crippen LogP contribution in [0, 0.1) is 0 Å². The molecule has 0 aliphatic carbocycles. The van der Waals surface area contributed by atoms with Crippen molar-refractivity contribution in [2.45, 2.75) is 0 Å². The average molecular weight is 324 g/mol. The first kappa shape index (κ1) is 11.7. The highest BCUT2D eigenvalue weighted by Crippen LogP contribution is 2.34. The summed E-state index contributed by atoms with van der Waals surface area (Å²) in [6.07, 6.45) is 2.57. The molecule has 13 heavy (non-hydrogen) atoms. The minimum Gasteiger partial charge on any atom is -0.0924 e. The van der Waals surface area contributed by atoms with Crippen molar-refractivity contribution in [2.75, 3.05) is 23.0 Å². The van der Waals surface area contributed by atoms with E-state index in [0.717, 1.165) is 10.7 Å². The molecule has 0 aromatic heterocycles. The van der Waals surface area contributed by atoms with Gasteiger partial charge in [0.05, 0.1) is 0 Å². The molecule has 0 nitrogen and oxygen atoms in total. The maximum absolute atomic E-state index is 3.52. The van der Waals surface area contributed by atoms with Gasteiger partial charge >= 0.3 is 0 Å². The molecule has 0 spiro atoms. The molecule has 0 heterocycles. The monoisotopic (exact) mass is 322 g/mol. The summed E-state index contributed by atoms with van der Waals surface area (Å²) in [5.74, 6) is 0. The van der Waals surface area contributed by atoms with E-state index < -0.39 is 0 Å². The second-order valence-electron chi connectivity index (χ2n) is 2.70. The van der Waals surface area contributed by atoms with E-state index in [1.807, 2.05) is 0 Å². The molecular weight excluding hydrogens is 311 g/mol. The summed E-state index contributed by atoms with van der Waals surface area (Å²) in [7, 11) is 0.0503. The largest absolute Gasteiger partial charge is 0.0924 e. The zero-order chi connectivity index (χ0) is 9.52. The van der Waals surface area contributed by atoms with Crippen LogP contribution in [0.4, 0.5) is 0 Å². The zero-order valence-corrected chi connectivity index (χ0v) is 11.5. The molecule has 0 saturated carbocycles. The molecule has 0 fully saturated rings. The number of hydrogen-bond acceptors (Lipinski definition) is 0. The number of rotatable bonds is 5. The third-order valence-electron chi connectivity index (χ3n) is 1.83. The van der Waals surface area contributed by atoms with Gasteiger partial charge < -0.3 is 0 Å². The first-order valence-corrected chi connectivity index (χ1v) is 8.26. The quantitative estimate of drug-likeness (QED) is 0.574. The van der Waals surface area contributed by atoms with Gasteiger partial charge in [-0.15, -0.1) is 0 Å². The van der Waals surface area contributed by atoms with Gasteiger partial charge in [-0.25, -0.2) is 0 Å². The smallest absolute Gasteiger partial charge is 0.00736 e. The highest BCUT2D eigenvalue weighted by molar-refractivity contribution is 9.09. The Morgan fingerprint density at radius 1 is 0.923 bits per heavy atom. The van der Waals surface area contributed by atoms with Gasteiger partial charge in [-0.2, -0.15) is 0 Å². The minimum atomic E-state index is 0.0503. The molecule has 0 unspecified atom stereocenters. The van der Waals surface area contributed by atoms with E-state index in [2.05, 4.69) is 62.2 Å². The third-order valence-corrected chi connectivity index (χ3v) is 6.40. The normalized spacial score (nSPS) is 10.7. The number of halogens is 2. The van der Waals surface area contributed by atoms with E-state index in [-0.39, 0.29) is 7.92 Å². The van der Waals surface area contributed by atoms with Gasteiger partial charge in [0.15, 0.2) is 0 Å². The Labute approximate surface area is 98.1 Å². The van der Waals surface area contributed by atoms with Crippen molar-refractivity contribution in [1.29, 1.82) is 0 Å². The van der Waals surface area contributed by atoms with Gasteiger partial charge in [0.1, 0.15) is 0 Å². The van der Waals surface area contributed by atoms with Crippen molar-refractivity contribution >= 4 is 45.1 Å². The maximum atomic E-state index is 3.52. The van der Waals surface area contributed by atoms with E-state index in [1.54, 1.807) is 0 Å². The summed E-state index contributed by atoms with van der Waals surface area (Å²) in [6, 6.07) is 10.8. The van der Waals surface area contributed by atoms with E-state index in [0.29, 0.717) is 0 Å². The van der Waals surface area contributed by atoms with Gasteiger partial charge in [-0.3, -0.25) is 0 Å². The van der Waals surface area contributed by atoms with Crippen LogP contribution in [0.1, 0.15) is 0 Å². The molecule has 0 aliphatic rings. The third kappa shape index (κ3) is 4.10. The lowest BCUT2D eigenvalue weighted by atomic mass is 10.4. The molecule has 0 N–H and O–H groups in total. The maximum Gasteiger partial charge on any atom is 0.00736 e. The van der Waals surface area contributed by atoms with Crippen molar-refractivity contribution in [1.82, 2.24) is 0 Å². The van der Waals surface area contributed by atoms with Crippen molar-refractivity contribution in [2.24, 2.45) is 0 Å². The molecule has 0 amide bonds. The van der Waals surface area contributed by atoms with Crippen LogP contribution in [0.25, 0.3) is 0 Å². The Morgan fingerprint density at radius 3 is 1.92 bits per heavy atom. The molecule has 1 rings (SSSR count). The highest BCUT2D eigenvalue weighted by atomic mass is 79.9. The summed E-state index contributed by atoms with van der Waals surface area (Å²) >= 11 is 7.04. The van der Waals surface area contributed by atoms with Crippen molar-refractivity contribution in [3.8, 4) is 0 Å². The number of alkyl halides is 2. The van der Waals surface area contributed by atoms with Crippen LogP contribution < -0.4 is 5.30 Å². The zero-order valence-electron chi connectivity index (χ0n) is 7.42. The van der Waals surface area contributed by atoms with Gasteiger partial charge in [0, 0.05) is 10.7 Å². The van der Waals surface area contributed by atoms with E-state index >= 15 is 0 Å². The van der Waals surface area contributed by atoms with Crippen LogP contribution in [-0.2, 0) is 0 Å². The molecular formula is C10H13Br2P. The first-order valence-electron chi connectivity index (χ1n) is 4.30. The lowest BCUT2D eigenvalue weighted by Crippen LogP contribution is -2.07. The predicted molar refractivity (Wildman–Crippen MR) is 70.3 cm³/mol. The second-order valence-corrected chi connectivity index (χ2v) is 6.78. The van der Waals surface area contributed by atoms with Gasteiger partial charge in [-0.1, -0.05) is 70.1 Å². The van der Waals surface area contributed by atoms with Crippen molar-refractivity contribution < 1.29 is 0 Å². The number of hydrogen-bond donors (Lipinski definition) is 0. The SMILES string of the molecule is BrCCP(CCBr)c1ccccc1. The van der Waals surface area contributed by atoms with Crippen molar-refractivity contribution in [3.05, 3.63) is 30.3 Å². The summed E-state index contributed by atoms with van der Waals surface area (Å²) < 4.78 is 0. The van der Waals surface area contributed by atoms with Crippen LogP contribution in [-0.4, -0.2) is 23.0 Å². The number of benzene rings is 1. The fourth-order valence-corrected chi connectivity index (χ4v) is 5.52. The Balaban J connectivity index is 2.64. The Bertz CT molecular complexity index is 220. The van der Waals surface area contributed by atoms with Crippen LogP contribution in [0.2, 0.25) is 0 Å². The molecule has 3 heteroatoms. The highest BCUT2D eigenvalue weighted by Gasteiger charge is 2.07. The minimum absolute atomic E-state index is 0.0503. The van der Waals surface area contributed by atoms with Gasteiger partial charge in [0.25, 0.3) is 0 Å². The molecule has 0 atom stereocenters. The standard InChI is InChI=1S/C10H13Br2P/c11-6-8-13(9-7-12)10-4-2-1-3-5-10/h1-5H,6-9H2. The Kier molecular flexibility index (Phi) is 6.27. The summed E-state index contributed by atoms with van der Waals surface area (Å²) in [6.45, 7) is 0. The summed E-state index contributed by atoms with van der Waals surface area (Å²) in [5.41, 5.74) is 0. The summed E-state index contributed by atoms with van der Waals surface area (Å²) in [5, 5.41) is 3.75. The Morgan fingerprint density at radius 2 is 1.46 bits per heavy atom. The predicted octanol–water partition coefficient (Wildman–Crippen LogP) is 3.58. The molecule has 0 aliphatic heterocycles. The average Bonchev–Trinajstić information content (AvgIpc) is 2.19. The summed E-state index contributed by atoms with van der Waals surface area (Å²) in [4.78, 5) is 0. The first-order chi connectivity index (χ1) is 6.38. The molecule has 0 bridgehead atoms. The lowest BCUT2D eigenvalue weighted by molar-refractivity contribution is 1.47. The molecule has 72 valence electrons. The van der Waals surface area contributed by atoms with Crippen LogP contribution in [0.5, 0.6) is 0 Å². The molecule has 1 aromatic rings. The van der Waals surface area contributed by atoms with E-state index in [1.165, 1.54) is 17.6 Å².